The van der Waals surface area contributed by atoms with Crippen LogP contribution < -0.4 is 15.2 Å². The van der Waals surface area contributed by atoms with Gasteiger partial charge in [0.2, 0.25) is 0 Å². The van der Waals surface area contributed by atoms with Gasteiger partial charge in [0, 0.05) is 17.2 Å². The van der Waals surface area contributed by atoms with Crippen LogP contribution in [0.15, 0.2) is 42.5 Å². The molecular weight excluding hydrogens is 298 g/mol. The highest BCUT2D eigenvalue weighted by Crippen LogP contribution is 2.33. The maximum atomic E-state index is 11.9. The fraction of sp³-hybridized carbons (Fsp3) is 0.176. The first-order valence-electron chi connectivity index (χ1n) is 6.69. The molecule has 0 radical (unpaired) electrons. The minimum absolute atomic E-state index is 0.0826. The molecule has 0 fully saturated rings. The summed E-state index contributed by atoms with van der Waals surface area (Å²) in [4.78, 5) is 12.1. The Morgan fingerprint density at radius 1 is 1.09 bits per heavy atom. The molecule has 0 aliphatic rings. The number of methoxy groups -OCH3 is 2. The Bertz CT molecular complexity index is 696. The summed E-state index contributed by atoms with van der Waals surface area (Å²) < 4.78 is 10.6. The number of ether oxygens (including phenoxy) is 2. The molecule has 2 N–H and O–H groups in total. The van der Waals surface area contributed by atoms with E-state index in [9.17, 15) is 4.79 Å². The highest BCUT2D eigenvalue weighted by atomic mass is 32.1. The predicted octanol–water partition coefficient (Wildman–Crippen LogP) is 3.23. The normalized spacial score (nSPS) is 10.1. The highest BCUT2D eigenvalue weighted by molar-refractivity contribution is 7.80. The molecule has 22 heavy (non-hydrogen) atoms. The first-order valence-corrected chi connectivity index (χ1v) is 7.10. The molecule has 2 rings (SSSR count). The van der Waals surface area contributed by atoms with Crippen LogP contribution in [0.3, 0.4) is 0 Å². The molecule has 0 unspecified atom stereocenters. The van der Waals surface area contributed by atoms with Gasteiger partial charge in [-0.25, -0.2) is 0 Å². The Morgan fingerprint density at radius 2 is 1.77 bits per heavy atom. The number of nitrogens with two attached hydrogens (primary N) is 1. The summed E-state index contributed by atoms with van der Waals surface area (Å²) in [6, 6.07) is 12.9. The number of hydrogen-bond acceptors (Lipinski definition) is 4. The second-order valence-electron chi connectivity index (χ2n) is 4.71. The minimum atomic E-state index is -0.0826. The van der Waals surface area contributed by atoms with Crippen LogP contribution in [0.5, 0.6) is 11.5 Å². The summed E-state index contributed by atoms with van der Waals surface area (Å²) in [5.74, 6) is 1.35. The van der Waals surface area contributed by atoms with Crippen molar-refractivity contribution >= 4 is 23.0 Å². The molecule has 2 aromatic carbocycles. The van der Waals surface area contributed by atoms with Gasteiger partial charge in [-0.3, -0.25) is 4.79 Å². The molecule has 0 aromatic heterocycles. The molecule has 5 heteroatoms. The summed E-state index contributed by atoms with van der Waals surface area (Å²) in [5, 5.41) is 0. The van der Waals surface area contributed by atoms with Gasteiger partial charge in [0.1, 0.15) is 11.5 Å². The Balaban J connectivity index is 2.31. The van der Waals surface area contributed by atoms with E-state index in [4.69, 9.17) is 27.4 Å². The molecule has 2 aromatic rings. The quantitative estimate of drug-likeness (QED) is 0.655. The van der Waals surface area contributed by atoms with Crippen molar-refractivity contribution in [3.05, 3.63) is 48.0 Å². The van der Waals surface area contributed by atoms with E-state index in [1.807, 2.05) is 30.3 Å². The number of rotatable bonds is 6. The van der Waals surface area contributed by atoms with E-state index < -0.39 is 0 Å². The van der Waals surface area contributed by atoms with Crippen molar-refractivity contribution in [2.24, 2.45) is 5.73 Å². The summed E-state index contributed by atoms with van der Waals surface area (Å²) >= 11 is 4.76. The fourth-order valence-corrected chi connectivity index (χ4v) is 2.26. The number of thiocarbonyl (C=S) groups is 1. The van der Waals surface area contributed by atoms with Gasteiger partial charge in [0.05, 0.1) is 25.6 Å². The predicted molar refractivity (Wildman–Crippen MR) is 90.7 cm³/mol. The van der Waals surface area contributed by atoms with Gasteiger partial charge in [-0.1, -0.05) is 36.5 Å². The van der Waals surface area contributed by atoms with Crippen molar-refractivity contribution in [1.82, 2.24) is 0 Å². The standard InChI is InChI=1S/C17H17NO3S/c1-20-13-7-8-14(16(9-13)21-2)11-3-5-12(6-4-11)15(19)10-17(18)22/h3-9H,10H2,1-2H3,(H2,18,22). The number of hydrogen-bond donors (Lipinski definition) is 1. The average Bonchev–Trinajstić information content (AvgIpc) is 2.53. The molecule has 4 nitrogen and oxygen atoms in total. The summed E-state index contributed by atoms with van der Waals surface area (Å²) in [7, 11) is 3.22. The molecule has 0 aliphatic heterocycles. The van der Waals surface area contributed by atoms with Crippen molar-refractivity contribution in [1.29, 1.82) is 0 Å². The van der Waals surface area contributed by atoms with Gasteiger partial charge < -0.3 is 15.2 Å². The largest absolute Gasteiger partial charge is 0.497 e. The van der Waals surface area contributed by atoms with Gasteiger partial charge in [-0.15, -0.1) is 0 Å². The first kappa shape index (κ1) is 16.0. The van der Waals surface area contributed by atoms with Gasteiger partial charge in [-0.2, -0.15) is 0 Å². The molecule has 0 atom stereocenters. The second-order valence-corrected chi connectivity index (χ2v) is 5.23. The van der Waals surface area contributed by atoms with E-state index in [1.54, 1.807) is 26.4 Å². The Labute approximate surface area is 134 Å². The lowest BCUT2D eigenvalue weighted by molar-refractivity contribution is 0.100. The molecule has 0 aliphatic carbocycles. The van der Waals surface area contributed by atoms with E-state index in [-0.39, 0.29) is 17.2 Å². The Kier molecular flexibility index (Phi) is 5.12. The summed E-state index contributed by atoms with van der Waals surface area (Å²) in [6.45, 7) is 0. The van der Waals surface area contributed by atoms with Crippen LogP contribution in [-0.4, -0.2) is 25.0 Å². The van der Waals surface area contributed by atoms with E-state index in [2.05, 4.69) is 0 Å². The van der Waals surface area contributed by atoms with Gasteiger partial charge in [0.15, 0.2) is 5.78 Å². The van der Waals surface area contributed by atoms with Crippen LogP contribution in [0.25, 0.3) is 11.1 Å². The molecule has 0 saturated carbocycles. The first-order chi connectivity index (χ1) is 10.5. The number of Topliss-reactive ketones (excluding diaryl/α,β-unsaturated/α-hetero) is 1. The van der Waals surface area contributed by atoms with E-state index in [0.29, 0.717) is 11.3 Å². The van der Waals surface area contributed by atoms with E-state index in [0.717, 1.165) is 16.9 Å². The minimum Gasteiger partial charge on any atom is -0.497 e. The van der Waals surface area contributed by atoms with Gasteiger partial charge >= 0.3 is 0 Å². The molecular formula is C17H17NO3S. The molecule has 0 saturated heterocycles. The lowest BCUT2D eigenvalue weighted by atomic mass is 10.0. The molecule has 0 heterocycles. The van der Waals surface area contributed by atoms with E-state index >= 15 is 0 Å². The summed E-state index contributed by atoms with van der Waals surface area (Å²) in [6.07, 6.45) is 0.0839. The van der Waals surface area contributed by atoms with Crippen LogP contribution in [0.2, 0.25) is 0 Å². The zero-order valence-electron chi connectivity index (χ0n) is 12.5. The van der Waals surface area contributed by atoms with Crippen LogP contribution in [-0.2, 0) is 0 Å². The van der Waals surface area contributed by atoms with E-state index in [1.165, 1.54) is 0 Å². The Hall–Kier alpha value is -2.40. The van der Waals surface area contributed by atoms with Crippen molar-refractivity contribution in [3.63, 3.8) is 0 Å². The van der Waals surface area contributed by atoms with Crippen LogP contribution in [0, 0.1) is 0 Å². The van der Waals surface area contributed by atoms with Crippen LogP contribution in [0.1, 0.15) is 16.8 Å². The van der Waals surface area contributed by atoms with Gasteiger partial charge in [-0.05, 0) is 17.7 Å². The lowest BCUT2D eigenvalue weighted by Gasteiger charge is -2.11. The number of ketones is 1. The third-order valence-corrected chi connectivity index (χ3v) is 3.41. The summed E-state index contributed by atoms with van der Waals surface area (Å²) in [5.41, 5.74) is 7.86. The van der Waals surface area contributed by atoms with Crippen molar-refractivity contribution in [2.75, 3.05) is 14.2 Å². The molecule has 0 spiro atoms. The SMILES string of the molecule is COc1ccc(-c2ccc(C(=O)CC(N)=S)cc2)c(OC)c1. The van der Waals surface area contributed by atoms with Crippen LogP contribution in [0.4, 0.5) is 0 Å². The number of benzene rings is 2. The zero-order chi connectivity index (χ0) is 16.1. The van der Waals surface area contributed by atoms with Gasteiger partial charge in [0.25, 0.3) is 0 Å². The topological polar surface area (TPSA) is 61.5 Å². The molecule has 0 bridgehead atoms. The fourth-order valence-electron chi connectivity index (χ4n) is 2.13. The maximum absolute atomic E-state index is 11.9. The monoisotopic (exact) mass is 315 g/mol. The third kappa shape index (κ3) is 3.62. The molecule has 0 amide bonds. The smallest absolute Gasteiger partial charge is 0.169 e. The number of carbonyl (C=O) groups excluding carboxylic acids is 1. The number of carbonyl (C=O) groups is 1. The van der Waals surface area contributed by atoms with Crippen molar-refractivity contribution in [2.45, 2.75) is 6.42 Å². The average molecular weight is 315 g/mol. The second kappa shape index (κ2) is 7.04. The lowest BCUT2D eigenvalue weighted by Crippen LogP contribution is -2.14. The highest BCUT2D eigenvalue weighted by Gasteiger charge is 2.10. The maximum Gasteiger partial charge on any atom is 0.169 e. The molecule has 114 valence electrons. The third-order valence-electron chi connectivity index (χ3n) is 3.26. The van der Waals surface area contributed by atoms with Crippen molar-refractivity contribution < 1.29 is 14.3 Å². The Morgan fingerprint density at radius 3 is 2.32 bits per heavy atom. The van der Waals surface area contributed by atoms with Crippen LogP contribution >= 0.6 is 12.2 Å². The zero-order valence-corrected chi connectivity index (χ0v) is 13.3. The van der Waals surface area contributed by atoms with Crippen molar-refractivity contribution in [3.8, 4) is 22.6 Å².